The van der Waals surface area contributed by atoms with Gasteiger partial charge in [-0.2, -0.15) is 0 Å². The van der Waals surface area contributed by atoms with Gasteiger partial charge in [-0.25, -0.2) is 8.42 Å². The minimum absolute atomic E-state index is 0.336. The third kappa shape index (κ3) is 3.39. The van der Waals surface area contributed by atoms with Crippen molar-refractivity contribution in [3.63, 3.8) is 0 Å². The summed E-state index contributed by atoms with van der Waals surface area (Å²) in [5.41, 5.74) is 0.907. The molecule has 0 bridgehead atoms. The molecular weight excluding hydrogens is 216 g/mol. The molecule has 84 valence electrons. The van der Waals surface area contributed by atoms with Crippen LogP contribution in [0.3, 0.4) is 0 Å². The number of carbonyl (C=O) groups is 1. The van der Waals surface area contributed by atoms with E-state index < -0.39 is 21.0 Å². The van der Waals surface area contributed by atoms with Crippen molar-refractivity contribution in [3.05, 3.63) is 24.0 Å². The van der Waals surface area contributed by atoms with E-state index in [1.165, 1.54) is 6.92 Å². The number of H-pyrrole nitrogens is 1. The second-order valence-electron chi connectivity index (χ2n) is 3.41. The molecule has 0 aliphatic heterocycles. The van der Waals surface area contributed by atoms with Gasteiger partial charge in [0.1, 0.15) is 5.25 Å². The predicted octanol–water partition coefficient (Wildman–Crippen LogP) is 0.0640. The van der Waals surface area contributed by atoms with Crippen LogP contribution in [0, 0.1) is 0 Å². The molecule has 0 radical (unpaired) electrons. The highest BCUT2D eigenvalue weighted by Gasteiger charge is 2.22. The molecule has 0 saturated heterocycles. The van der Waals surface area contributed by atoms with Gasteiger partial charge in [-0.05, 0) is 18.6 Å². The lowest BCUT2D eigenvalue weighted by atomic mass is 10.3. The van der Waals surface area contributed by atoms with Crippen LogP contribution in [0.25, 0.3) is 0 Å². The molecule has 6 heteroatoms. The van der Waals surface area contributed by atoms with Crippen LogP contribution in [0.5, 0.6) is 0 Å². The van der Waals surface area contributed by atoms with Gasteiger partial charge in [0, 0.05) is 25.2 Å². The molecule has 0 aromatic carbocycles. The molecule has 0 aliphatic rings. The normalized spacial score (nSPS) is 13.5. The largest absolute Gasteiger partial charge is 0.367 e. The number of carbonyl (C=O) groups excluding carboxylic acids is 1. The van der Waals surface area contributed by atoms with E-state index in [0.29, 0.717) is 6.54 Å². The van der Waals surface area contributed by atoms with Gasteiger partial charge < -0.3 is 10.3 Å². The minimum atomic E-state index is -3.31. The van der Waals surface area contributed by atoms with Crippen molar-refractivity contribution in [3.8, 4) is 0 Å². The topological polar surface area (TPSA) is 79.0 Å². The molecule has 0 spiro atoms. The Morgan fingerprint density at radius 2 is 2.27 bits per heavy atom. The summed E-state index contributed by atoms with van der Waals surface area (Å²) in [6.07, 6.45) is 4.53. The Bertz CT molecular complexity index is 422. The van der Waals surface area contributed by atoms with Crippen molar-refractivity contribution in [2.45, 2.75) is 18.7 Å². The Balaban J connectivity index is 2.50. The Morgan fingerprint density at radius 3 is 2.73 bits per heavy atom. The lowest BCUT2D eigenvalue weighted by Gasteiger charge is -2.09. The maximum Gasteiger partial charge on any atom is 0.238 e. The van der Waals surface area contributed by atoms with Gasteiger partial charge >= 0.3 is 0 Å². The van der Waals surface area contributed by atoms with Crippen molar-refractivity contribution in [1.29, 1.82) is 0 Å². The first-order valence-corrected chi connectivity index (χ1v) is 6.45. The summed E-state index contributed by atoms with van der Waals surface area (Å²) in [5, 5.41) is 1.55. The lowest BCUT2D eigenvalue weighted by Crippen LogP contribution is -2.36. The van der Waals surface area contributed by atoms with E-state index in [1.54, 1.807) is 12.4 Å². The van der Waals surface area contributed by atoms with Crippen LogP contribution >= 0.6 is 0 Å². The van der Waals surface area contributed by atoms with Crippen molar-refractivity contribution in [2.75, 3.05) is 6.26 Å². The second kappa shape index (κ2) is 4.48. The zero-order valence-electron chi connectivity index (χ0n) is 8.65. The van der Waals surface area contributed by atoms with Crippen molar-refractivity contribution < 1.29 is 13.2 Å². The summed E-state index contributed by atoms with van der Waals surface area (Å²) in [6.45, 7) is 1.71. The van der Waals surface area contributed by atoms with Crippen LogP contribution in [0.4, 0.5) is 0 Å². The summed E-state index contributed by atoms with van der Waals surface area (Å²) < 4.78 is 22.1. The highest BCUT2D eigenvalue weighted by molar-refractivity contribution is 7.92. The van der Waals surface area contributed by atoms with Crippen molar-refractivity contribution in [2.24, 2.45) is 0 Å². The molecule has 0 aliphatic carbocycles. The summed E-state index contributed by atoms with van der Waals surface area (Å²) in [5.74, 6) is -0.473. The fraction of sp³-hybridized carbons (Fsp3) is 0.444. The molecule has 5 nitrogen and oxygen atoms in total. The summed E-state index contributed by atoms with van der Waals surface area (Å²) in [4.78, 5) is 14.2. The number of nitrogens with one attached hydrogen (secondary N) is 2. The first-order valence-electron chi connectivity index (χ1n) is 4.49. The standard InChI is InChI=1S/C9H14N2O3S/c1-7(15(2,13)14)9(12)11-6-8-3-4-10-5-8/h3-5,7,10H,6H2,1-2H3,(H,11,12). The molecule has 1 heterocycles. The van der Waals surface area contributed by atoms with E-state index in [-0.39, 0.29) is 0 Å². The molecule has 0 fully saturated rings. The average molecular weight is 230 g/mol. The fourth-order valence-electron chi connectivity index (χ4n) is 0.996. The number of amides is 1. The fourth-order valence-corrected chi connectivity index (χ4v) is 1.47. The van der Waals surface area contributed by atoms with Crippen LogP contribution in [0.2, 0.25) is 0 Å². The summed E-state index contributed by atoms with van der Waals surface area (Å²) in [7, 11) is -3.31. The molecule has 15 heavy (non-hydrogen) atoms. The van der Waals surface area contributed by atoms with E-state index in [9.17, 15) is 13.2 Å². The summed E-state index contributed by atoms with van der Waals surface area (Å²) >= 11 is 0. The SMILES string of the molecule is CC(C(=O)NCc1cc[nH]c1)S(C)(=O)=O. The Labute approximate surface area is 88.8 Å². The number of sulfone groups is 1. The van der Waals surface area contributed by atoms with Crippen molar-refractivity contribution >= 4 is 15.7 Å². The Morgan fingerprint density at radius 1 is 1.60 bits per heavy atom. The maximum absolute atomic E-state index is 11.4. The van der Waals surface area contributed by atoms with E-state index in [1.807, 2.05) is 6.07 Å². The summed E-state index contributed by atoms with van der Waals surface area (Å²) in [6, 6.07) is 1.81. The smallest absolute Gasteiger partial charge is 0.238 e. The number of hydrogen-bond donors (Lipinski definition) is 2. The Kier molecular flexibility index (Phi) is 3.52. The van der Waals surface area contributed by atoms with Gasteiger partial charge in [0.2, 0.25) is 5.91 Å². The number of aromatic amines is 1. The average Bonchev–Trinajstić information content (AvgIpc) is 2.63. The molecule has 1 rings (SSSR count). The number of rotatable bonds is 4. The zero-order chi connectivity index (χ0) is 11.5. The monoisotopic (exact) mass is 230 g/mol. The van der Waals surface area contributed by atoms with Gasteiger partial charge in [-0.15, -0.1) is 0 Å². The van der Waals surface area contributed by atoms with Crippen LogP contribution < -0.4 is 5.32 Å². The van der Waals surface area contributed by atoms with Crippen LogP contribution in [-0.4, -0.2) is 30.8 Å². The van der Waals surface area contributed by atoms with Gasteiger partial charge in [0.15, 0.2) is 9.84 Å². The zero-order valence-corrected chi connectivity index (χ0v) is 9.47. The number of hydrogen-bond acceptors (Lipinski definition) is 3. The van der Waals surface area contributed by atoms with Gasteiger partial charge in [-0.3, -0.25) is 4.79 Å². The van der Waals surface area contributed by atoms with E-state index in [2.05, 4.69) is 10.3 Å². The first kappa shape index (κ1) is 11.8. The highest BCUT2D eigenvalue weighted by atomic mass is 32.2. The van der Waals surface area contributed by atoms with Crippen molar-refractivity contribution in [1.82, 2.24) is 10.3 Å². The van der Waals surface area contributed by atoms with Gasteiger partial charge in [-0.1, -0.05) is 0 Å². The highest BCUT2D eigenvalue weighted by Crippen LogP contribution is 2.00. The molecule has 1 aromatic rings. The lowest BCUT2D eigenvalue weighted by molar-refractivity contribution is -0.120. The molecule has 1 atom stereocenters. The van der Waals surface area contributed by atoms with E-state index >= 15 is 0 Å². The molecule has 0 saturated carbocycles. The van der Waals surface area contributed by atoms with Crippen LogP contribution in [0.15, 0.2) is 18.5 Å². The van der Waals surface area contributed by atoms with Crippen LogP contribution in [0.1, 0.15) is 12.5 Å². The molecule has 1 unspecified atom stereocenters. The minimum Gasteiger partial charge on any atom is -0.367 e. The van der Waals surface area contributed by atoms with Gasteiger partial charge in [0.25, 0.3) is 0 Å². The Hall–Kier alpha value is -1.30. The molecule has 1 aromatic heterocycles. The van der Waals surface area contributed by atoms with E-state index in [4.69, 9.17) is 0 Å². The maximum atomic E-state index is 11.4. The quantitative estimate of drug-likeness (QED) is 0.768. The molecule has 2 N–H and O–H groups in total. The third-order valence-electron chi connectivity index (χ3n) is 2.14. The predicted molar refractivity (Wildman–Crippen MR) is 56.9 cm³/mol. The van der Waals surface area contributed by atoms with Crippen LogP contribution in [-0.2, 0) is 21.2 Å². The van der Waals surface area contributed by atoms with Gasteiger partial charge in [0.05, 0.1) is 0 Å². The van der Waals surface area contributed by atoms with E-state index in [0.717, 1.165) is 11.8 Å². The molecule has 1 amide bonds. The second-order valence-corrected chi connectivity index (χ2v) is 5.77. The molecular formula is C9H14N2O3S. The third-order valence-corrected chi connectivity index (χ3v) is 3.64. The number of aromatic nitrogens is 1. The first-order chi connectivity index (χ1) is 6.91.